The Morgan fingerprint density at radius 3 is 2.24 bits per heavy atom. The molecule has 5 rings (SSSR count). The number of likely N-dealkylation sites (tertiary alicyclic amines) is 1. The first-order chi connectivity index (χ1) is 18.6. The largest absolute Gasteiger partial charge is 0.492 e. The van der Waals surface area contributed by atoms with E-state index in [1.807, 2.05) is 54.6 Å². The molecule has 0 aromatic heterocycles. The number of hydrogen-bond acceptors (Lipinski definition) is 6. The minimum atomic E-state index is -3.79. The number of anilines is 1. The van der Waals surface area contributed by atoms with Crippen molar-refractivity contribution in [3.8, 4) is 11.5 Å². The van der Waals surface area contributed by atoms with Crippen molar-refractivity contribution in [1.82, 2.24) is 4.90 Å². The lowest BCUT2D eigenvalue weighted by Crippen LogP contribution is -2.30. The van der Waals surface area contributed by atoms with Gasteiger partial charge in [-0.05, 0) is 92.9 Å². The van der Waals surface area contributed by atoms with E-state index in [1.165, 1.54) is 17.1 Å². The van der Waals surface area contributed by atoms with Crippen molar-refractivity contribution in [3.05, 3.63) is 84.4 Å². The van der Waals surface area contributed by atoms with Gasteiger partial charge in [-0.25, -0.2) is 8.42 Å². The van der Waals surface area contributed by atoms with Crippen LogP contribution in [0, 0.1) is 0 Å². The van der Waals surface area contributed by atoms with Crippen LogP contribution < -0.4 is 13.8 Å². The van der Waals surface area contributed by atoms with Gasteiger partial charge in [-0.3, -0.25) is 9.21 Å². The summed E-state index contributed by atoms with van der Waals surface area (Å²) < 4.78 is 46.4. The zero-order valence-corrected chi connectivity index (χ0v) is 22.5. The van der Waals surface area contributed by atoms with Gasteiger partial charge in [0.1, 0.15) is 18.1 Å². The van der Waals surface area contributed by atoms with Crippen LogP contribution in [-0.2, 0) is 21.3 Å². The number of benzene rings is 3. The molecule has 38 heavy (non-hydrogen) atoms. The second kappa shape index (κ2) is 12.7. The first kappa shape index (κ1) is 26.5. The summed E-state index contributed by atoms with van der Waals surface area (Å²) in [4.78, 5) is 2.65. The average Bonchev–Trinajstić information content (AvgIpc) is 3.48. The van der Waals surface area contributed by atoms with E-state index in [1.54, 1.807) is 24.3 Å². The van der Waals surface area contributed by atoms with Crippen LogP contribution in [0.3, 0.4) is 0 Å². The average molecular weight is 537 g/mol. The second-order valence-electron chi connectivity index (χ2n) is 9.77. The maximum absolute atomic E-state index is 13.7. The number of ether oxygens (including phenoxy) is 3. The van der Waals surface area contributed by atoms with Gasteiger partial charge in [0.2, 0.25) is 0 Å². The molecule has 7 nitrogen and oxygen atoms in total. The van der Waals surface area contributed by atoms with E-state index in [2.05, 4.69) is 4.90 Å². The Labute approximate surface area is 226 Å². The highest BCUT2D eigenvalue weighted by Crippen LogP contribution is 2.29. The highest BCUT2D eigenvalue weighted by atomic mass is 32.2. The van der Waals surface area contributed by atoms with Gasteiger partial charge in [0.15, 0.2) is 6.29 Å². The Morgan fingerprint density at radius 2 is 1.55 bits per heavy atom. The lowest BCUT2D eigenvalue weighted by molar-refractivity contribution is -0.105. The van der Waals surface area contributed by atoms with Crippen LogP contribution in [0.4, 0.5) is 5.69 Å². The Morgan fingerprint density at radius 1 is 0.842 bits per heavy atom. The Bertz CT molecular complexity index is 1240. The topological polar surface area (TPSA) is 68.3 Å². The van der Waals surface area contributed by atoms with Crippen molar-refractivity contribution in [1.29, 1.82) is 0 Å². The Hall–Kier alpha value is -3.07. The first-order valence-electron chi connectivity index (χ1n) is 13.5. The van der Waals surface area contributed by atoms with Crippen molar-refractivity contribution in [2.24, 2.45) is 0 Å². The molecule has 0 radical (unpaired) electrons. The van der Waals surface area contributed by atoms with Crippen LogP contribution >= 0.6 is 0 Å². The fourth-order valence-corrected chi connectivity index (χ4v) is 6.31. The molecule has 0 saturated carbocycles. The summed E-state index contributed by atoms with van der Waals surface area (Å²) in [6.07, 6.45) is 5.33. The molecule has 0 amide bonds. The van der Waals surface area contributed by atoms with Gasteiger partial charge in [-0.2, -0.15) is 0 Å². The van der Waals surface area contributed by atoms with E-state index in [0.717, 1.165) is 56.8 Å². The summed E-state index contributed by atoms with van der Waals surface area (Å²) >= 11 is 0. The number of rotatable bonds is 11. The van der Waals surface area contributed by atoms with E-state index in [9.17, 15) is 8.42 Å². The van der Waals surface area contributed by atoms with Gasteiger partial charge < -0.3 is 14.2 Å². The highest BCUT2D eigenvalue weighted by molar-refractivity contribution is 7.92. The third-order valence-corrected chi connectivity index (χ3v) is 8.77. The smallest absolute Gasteiger partial charge is 0.264 e. The molecule has 2 fully saturated rings. The fourth-order valence-electron chi connectivity index (χ4n) is 4.84. The van der Waals surface area contributed by atoms with Crippen LogP contribution in [0.15, 0.2) is 83.8 Å². The minimum absolute atomic E-state index is 0.187. The number of sulfonamides is 1. The molecule has 3 aromatic rings. The van der Waals surface area contributed by atoms with Gasteiger partial charge in [0.25, 0.3) is 10.0 Å². The lowest BCUT2D eigenvalue weighted by atomic mass is 10.2. The molecule has 8 heteroatoms. The zero-order valence-electron chi connectivity index (χ0n) is 21.7. The van der Waals surface area contributed by atoms with Gasteiger partial charge in [-0.1, -0.05) is 30.3 Å². The van der Waals surface area contributed by atoms with E-state index in [-0.39, 0.29) is 17.7 Å². The maximum atomic E-state index is 13.7. The van der Waals surface area contributed by atoms with Crippen LogP contribution in [0.2, 0.25) is 0 Å². The third kappa shape index (κ3) is 6.87. The molecule has 2 saturated heterocycles. The predicted molar refractivity (Wildman–Crippen MR) is 148 cm³/mol. The van der Waals surface area contributed by atoms with Crippen LogP contribution in [0.1, 0.15) is 37.7 Å². The highest BCUT2D eigenvalue weighted by Gasteiger charge is 2.25. The fraction of sp³-hybridized carbons (Fsp3) is 0.400. The first-order valence-corrected chi connectivity index (χ1v) is 14.9. The number of nitrogens with zero attached hydrogens (tertiary/aromatic N) is 2. The molecule has 2 aliphatic rings. The molecule has 202 valence electrons. The molecule has 0 spiro atoms. The van der Waals surface area contributed by atoms with E-state index < -0.39 is 10.0 Å². The van der Waals surface area contributed by atoms with Crippen LogP contribution in [0.5, 0.6) is 11.5 Å². The van der Waals surface area contributed by atoms with Crippen molar-refractivity contribution >= 4 is 15.7 Å². The van der Waals surface area contributed by atoms with Gasteiger partial charge in [0, 0.05) is 13.0 Å². The lowest BCUT2D eigenvalue weighted by Gasteiger charge is -2.26. The SMILES string of the molecule is O=S(=O)(c1ccccc1)N(Cc1ccc(OC2CCCCO2)cc1)c1ccc(OCCN2CCCC2)cc1. The van der Waals surface area contributed by atoms with E-state index in [4.69, 9.17) is 14.2 Å². The van der Waals surface area contributed by atoms with Gasteiger partial charge >= 0.3 is 0 Å². The molecule has 2 aliphatic heterocycles. The van der Waals surface area contributed by atoms with Crippen molar-refractivity contribution in [3.63, 3.8) is 0 Å². The summed E-state index contributed by atoms with van der Waals surface area (Å²) in [5.74, 6) is 1.45. The Balaban J connectivity index is 1.31. The zero-order chi connectivity index (χ0) is 26.2. The molecule has 0 bridgehead atoms. The molecule has 3 aromatic carbocycles. The molecule has 0 aliphatic carbocycles. The second-order valence-corrected chi connectivity index (χ2v) is 11.6. The summed E-state index contributed by atoms with van der Waals surface area (Å²) in [7, 11) is -3.79. The van der Waals surface area contributed by atoms with Crippen LogP contribution in [0.25, 0.3) is 0 Å². The molecule has 0 N–H and O–H groups in total. The summed E-state index contributed by atoms with van der Waals surface area (Å²) in [6.45, 7) is 4.70. The molecule has 1 atom stereocenters. The van der Waals surface area contributed by atoms with E-state index >= 15 is 0 Å². The molecular formula is C30H36N2O5S. The normalized spacial score (nSPS) is 18.3. The quantitative estimate of drug-likeness (QED) is 0.324. The summed E-state index contributed by atoms with van der Waals surface area (Å²) in [5, 5.41) is 0. The van der Waals surface area contributed by atoms with Crippen molar-refractivity contribution < 1.29 is 22.6 Å². The molecule has 2 heterocycles. The standard InChI is InChI=1S/C30H36N2O5S/c33-38(34,29-8-2-1-3-9-29)32(24-25-11-15-28(16-12-25)37-30-10-4-7-22-36-30)26-13-17-27(18-14-26)35-23-21-31-19-5-6-20-31/h1-3,8-9,11-18,30H,4-7,10,19-24H2. The Kier molecular flexibility index (Phi) is 8.83. The van der Waals surface area contributed by atoms with Crippen LogP contribution in [-0.4, -0.2) is 52.5 Å². The monoisotopic (exact) mass is 536 g/mol. The minimum Gasteiger partial charge on any atom is -0.492 e. The van der Waals surface area contributed by atoms with E-state index in [0.29, 0.717) is 18.0 Å². The van der Waals surface area contributed by atoms with Crippen molar-refractivity contribution in [2.45, 2.75) is 49.8 Å². The van der Waals surface area contributed by atoms with Crippen molar-refractivity contribution in [2.75, 3.05) is 37.2 Å². The maximum Gasteiger partial charge on any atom is 0.264 e. The summed E-state index contributed by atoms with van der Waals surface area (Å²) in [5.41, 5.74) is 1.43. The van der Waals surface area contributed by atoms with Gasteiger partial charge in [0.05, 0.1) is 23.7 Å². The number of hydrogen-bond donors (Lipinski definition) is 0. The van der Waals surface area contributed by atoms with Gasteiger partial charge in [-0.15, -0.1) is 0 Å². The summed E-state index contributed by atoms with van der Waals surface area (Å²) in [6, 6.07) is 23.4. The predicted octanol–water partition coefficient (Wildman–Crippen LogP) is 5.46. The molecule has 1 unspecified atom stereocenters. The third-order valence-electron chi connectivity index (χ3n) is 6.99. The molecular weight excluding hydrogens is 500 g/mol.